The first-order valence-electron chi connectivity index (χ1n) is 6.42. The van der Waals surface area contributed by atoms with Crippen LogP contribution >= 0.6 is 22.7 Å². The molecule has 21 heavy (non-hydrogen) atoms. The largest absolute Gasteiger partial charge is 0.496 e. The van der Waals surface area contributed by atoms with E-state index in [1.165, 1.54) is 22.7 Å². The highest BCUT2D eigenvalue weighted by Gasteiger charge is 2.13. The van der Waals surface area contributed by atoms with Gasteiger partial charge in [0.25, 0.3) is 0 Å². The van der Waals surface area contributed by atoms with Crippen LogP contribution in [0.1, 0.15) is 14.7 Å². The minimum Gasteiger partial charge on any atom is -0.496 e. The fourth-order valence-electron chi connectivity index (χ4n) is 1.93. The van der Waals surface area contributed by atoms with Crippen molar-refractivity contribution in [2.24, 2.45) is 0 Å². The average Bonchev–Trinajstić information content (AvgIpc) is 3.17. The van der Waals surface area contributed by atoms with Gasteiger partial charge in [-0.1, -0.05) is 30.3 Å². The van der Waals surface area contributed by atoms with Gasteiger partial charge >= 0.3 is 0 Å². The third-order valence-corrected chi connectivity index (χ3v) is 4.82. The molecule has 0 N–H and O–H groups in total. The third kappa shape index (κ3) is 3.20. The van der Waals surface area contributed by atoms with E-state index >= 15 is 0 Å². The van der Waals surface area contributed by atoms with E-state index in [1.807, 2.05) is 41.1 Å². The number of nitrogens with zero attached hydrogens (tertiary/aromatic N) is 1. The normalized spacial score (nSPS) is 10.5. The molecule has 0 bridgehead atoms. The number of methoxy groups -OCH3 is 1. The summed E-state index contributed by atoms with van der Waals surface area (Å²) < 4.78 is 5.10. The van der Waals surface area contributed by atoms with Crippen molar-refractivity contribution < 1.29 is 9.53 Å². The van der Waals surface area contributed by atoms with Crippen molar-refractivity contribution in [3.63, 3.8) is 0 Å². The summed E-state index contributed by atoms with van der Waals surface area (Å²) >= 11 is 2.93. The molecule has 0 fully saturated rings. The summed E-state index contributed by atoms with van der Waals surface area (Å²) in [5.74, 6) is 0.810. The number of rotatable bonds is 5. The Bertz CT molecular complexity index is 746. The number of ether oxygens (including phenoxy) is 1. The van der Waals surface area contributed by atoms with Crippen LogP contribution in [0.2, 0.25) is 0 Å². The molecular formula is C16H13NO2S2. The van der Waals surface area contributed by atoms with E-state index in [1.54, 1.807) is 13.2 Å². The number of thiazole rings is 1. The number of aromatic nitrogens is 1. The van der Waals surface area contributed by atoms with Gasteiger partial charge in [0.15, 0.2) is 5.78 Å². The summed E-state index contributed by atoms with van der Waals surface area (Å²) in [4.78, 5) is 17.5. The molecule has 0 atom stereocenters. The van der Waals surface area contributed by atoms with E-state index < -0.39 is 0 Å². The van der Waals surface area contributed by atoms with Gasteiger partial charge in [-0.25, -0.2) is 4.98 Å². The second-order valence-electron chi connectivity index (χ2n) is 4.44. The number of ketones is 1. The van der Waals surface area contributed by atoms with E-state index in [0.29, 0.717) is 11.3 Å². The van der Waals surface area contributed by atoms with E-state index in [4.69, 9.17) is 4.74 Å². The molecule has 2 heterocycles. The molecule has 0 spiro atoms. The van der Waals surface area contributed by atoms with Crippen LogP contribution in [0.4, 0.5) is 0 Å². The van der Waals surface area contributed by atoms with Crippen molar-refractivity contribution in [2.75, 3.05) is 7.11 Å². The van der Waals surface area contributed by atoms with Gasteiger partial charge in [-0.15, -0.1) is 22.7 Å². The SMILES string of the molecule is COc1csc(C(=O)Cc2nc(-c3ccccc3)cs2)c1. The molecule has 3 nitrogen and oxygen atoms in total. The first kappa shape index (κ1) is 14.0. The molecule has 0 saturated heterocycles. The molecule has 1 aromatic carbocycles. The number of carbonyl (C=O) groups excluding carboxylic acids is 1. The molecule has 0 saturated carbocycles. The highest BCUT2D eigenvalue weighted by Crippen LogP contribution is 2.25. The van der Waals surface area contributed by atoms with Gasteiger partial charge < -0.3 is 4.74 Å². The second-order valence-corrected chi connectivity index (χ2v) is 6.30. The molecule has 0 radical (unpaired) electrons. The lowest BCUT2D eigenvalue weighted by molar-refractivity contribution is 0.0996. The van der Waals surface area contributed by atoms with Crippen LogP contribution in [-0.4, -0.2) is 17.9 Å². The zero-order valence-electron chi connectivity index (χ0n) is 11.4. The molecule has 5 heteroatoms. The highest BCUT2D eigenvalue weighted by molar-refractivity contribution is 7.12. The lowest BCUT2D eigenvalue weighted by Gasteiger charge is -1.95. The predicted molar refractivity (Wildman–Crippen MR) is 86.5 cm³/mol. The maximum atomic E-state index is 12.2. The Morgan fingerprint density at radius 1 is 1.19 bits per heavy atom. The Kier molecular flexibility index (Phi) is 4.13. The van der Waals surface area contributed by atoms with Crippen LogP contribution in [0.5, 0.6) is 5.75 Å². The fraction of sp³-hybridized carbons (Fsp3) is 0.125. The zero-order chi connectivity index (χ0) is 14.7. The van der Waals surface area contributed by atoms with Gasteiger partial charge in [-0.2, -0.15) is 0 Å². The van der Waals surface area contributed by atoms with Crippen LogP contribution in [0.25, 0.3) is 11.3 Å². The Morgan fingerprint density at radius 3 is 2.71 bits per heavy atom. The van der Waals surface area contributed by atoms with Gasteiger partial charge in [0.05, 0.1) is 24.1 Å². The molecule has 0 unspecified atom stereocenters. The topological polar surface area (TPSA) is 39.2 Å². The Morgan fingerprint density at radius 2 is 2.00 bits per heavy atom. The lowest BCUT2D eigenvalue weighted by Crippen LogP contribution is -2.00. The monoisotopic (exact) mass is 315 g/mol. The number of thiophene rings is 1. The quantitative estimate of drug-likeness (QED) is 0.659. The van der Waals surface area contributed by atoms with Crippen LogP contribution in [0, 0.1) is 0 Å². The maximum Gasteiger partial charge on any atom is 0.179 e. The number of hydrogen-bond acceptors (Lipinski definition) is 5. The molecule has 0 amide bonds. The van der Waals surface area contributed by atoms with Gasteiger partial charge in [0.1, 0.15) is 10.8 Å². The van der Waals surface area contributed by atoms with Crippen molar-refractivity contribution in [1.29, 1.82) is 0 Å². The van der Waals surface area contributed by atoms with Crippen LogP contribution in [-0.2, 0) is 6.42 Å². The lowest BCUT2D eigenvalue weighted by atomic mass is 10.2. The van der Waals surface area contributed by atoms with Crippen molar-refractivity contribution in [3.8, 4) is 17.0 Å². The fourth-order valence-corrected chi connectivity index (χ4v) is 3.53. The summed E-state index contributed by atoms with van der Waals surface area (Å²) in [5, 5.41) is 4.67. The number of hydrogen-bond donors (Lipinski definition) is 0. The summed E-state index contributed by atoms with van der Waals surface area (Å²) in [5.41, 5.74) is 2.00. The number of Topliss-reactive ketones (excluding diaryl/α,β-unsaturated/α-hetero) is 1. The molecule has 106 valence electrons. The molecule has 0 aliphatic heterocycles. The summed E-state index contributed by atoms with van der Waals surface area (Å²) in [7, 11) is 1.60. The molecule has 2 aromatic heterocycles. The highest BCUT2D eigenvalue weighted by atomic mass is 32.1. The molecule has 3 aromatic rings. The molecule has 3 rings (SSSR count). The second kappa shape index (κ2) is 6.20. The Labute approximate surface area is 130 Å². The van der Waals surface area contributed by atoms with Crippen LogP contribution in [0.15, 0.2) is 47.2 Å². The summed E-state index contributed by atoms with van der Waals surface area (Å²) in [6.45, 7) is 0. The summed E-state index contributed by atoms with van der Waals surface area (Å²) in [6, 6.07) is 11.8. The third-order valence-electron chi connectivity index (χ3n) is 3.02. The van der Waals surface area contributed by atoms with Gasteiger partial charge in [-0.3, -0.25) is 4.79 Å². The van der Waals surface area contributed by atoms with Crippen LogP contribution in [0.3, 0.4) is 0 Å². The Balaban J connectivity index is 1.74. The van der Waals surface area contributed by atoms with Gasteiger partial charge in [-0.05, 0) is 0 Å². The predicted octanol–water partition coefficient (Wildman–Crippen LogP) is 4.31. The molecule has 0 aliphatic rings. The van der Waals surface area contributed by atoms with Crippen molar-refractivity contribution >= 4 is 28.5 Å². The van der Waals surface area contributed by atoms with E-state index in [9.17, 15) is 4.79 Å². The Hall–Kier alpha value is -1.98. The molecule has 0 aliphatic carbocycles. The molecular weight excluding hydrogens is 302 g/mol. The van der Waals surface area contributed by atoms with E-state index in [0.717, 1.165) is 22.0 Å². The zero-order valence-corrected chi connectivity index (χ0v) is 13.0. The average molecular weight is 315 g/mol. The first-order valence-corrected chi connectivity index (χ1v) is 8.18. The van der Waals surface area contributed by atoms with Crippen molar-refractivity contribution in [1.82, 2.24) is 4.98 Å². The number of benzene rings is 1. The number of carbonyl (C=O) groups is 1. The van der Waals surface area contributed by atoms with Crippen molar-refractivity contribution in [3.05, 3.63) is 57.0 Å². The van der Waals surface area contributed by atoms with Crippen molar-refractivity contribution in [2.45, 2.75) is 6.42 Å². The van der Waals surface area contributed by atoms with Crippen LogP contribution < -0.4 is 4.74 Å². The maximum absolute atomic E-state index is 12.2. The van der Waals surface area contributed by atoms with E-state index in [2.05, 4.69) is 4.98 Å². The van der Waals surface area contributed by atoms with Gasteiger partial charge in [0, 0.05) is 22.4 Å². The van der Waals surface area contributed by atoms with E-state index in [-0.39, 0.29) is 5.78 Å². The first-order chi connectivity index (χ1) is 10.3. The smallest absolute Gasteiger partial charge is 0.179 e. The standard InChI is InChI=1S/C16H13NO2S2/c1-19-12-7-15(20-9-12)14(18)8-16-17-13(10-21-16)11-5-3-2-4-6-11/h2-7,9-10H,8H2,1H3. The van der Waals surface area contributed by atoms with Gasteiger partial charge in [0.2, 0.25) is 0 Å². The summed E-state index contributed by atoms with van der Waals surface area (Å²) in [6.07, 6.45) is 0.334. The minimum atomic E-state index is 0.0808. The minimum absolute atomic E-state index is 0.0808.